The number of hydrogen-bond donors (Lipinski definition) is 0. The Morgan fingerprint density at radius 2 is 1.95 bits per heavy atom. The van der Waals surface area contributed by atoms with Crippen LogP contribution < -0.4 is 4.74 Å². The number of hydrogen-bond acceptors (Lipinski definition) is 5. The minimum absolute atomic E-state index is 0.0518. The normalized spacial score (nSPS) is 24.9. The van der Waals surface area contributed by atoms with Gasteiger partial charge in [-0.2, -0.15) is 0 Å². The molecule has 2 fully saturated rings. The summed E-state index contributed by atoms with van der Waals surface area (Å²) in [5.74, 6) is 0.841. The Hall–Kier alpha value is -3.02. The zero-order valence-electron chi connectivity index (χ0n) is 22.1. The molecule has 3 aliphatic rings. The number of carbonyl (C=O) groups is 2. The summed E-state index contributed by atoms with van der Waals surface area (Å²) in [5, 5.41) is 0. The smallest absolute Gasteiger partial charge is 0.410 e. The Morgan fingerprint density at radius 3 is 2.73 bits per heavy atom. The van der Waals surface area contributed by atoms with E-state index >= 15 is 0 Å². The molecule has 0 spiro atoms. The summed E-state index contributed by atoms with van der Waals surface area (Å²) in [4.78, 5) is 27.6. The molecule has 1 saturated heterocycles. The molecule has 0 aromatic heterocycles. The van der Waals surface area contributed by atoms with Crippen LogP contribution in [0.3, 0.4) is 0 Å². The van der Waals surface area contributed by atoms with E-state index in [1.165, 1.54) is 31.1 Å². The Balaban J connectivity index is 1.38. The Bertz CT molecular complexity index is 1100. The molecule has 2 aliphatic carbocycles. The van der Waals surface area contributed by atoms with Gasteiger partial charge in [0.15, 0.2) is 6.10 Å². The summed E-state index contributed by atoms with van der Waals surface area (Å²) in [6, 6.07) is 16.3. The van der Waals surface area contributed by atoms with Crippen molar-refractivity contribution < 1.29 is 23.8 Å². The highest BCUT2D eigenvalue weighted by Crippen LogP contribution is 2.56. The molecule has 37 heavy (non-hydrogen) atoms. The second-order valence-electron chi connectivity index (χ2n) is 10.9. The van der Waals surface area contributed by atoms with Crippen LogP contribution in [0.15, 0.2) is 48.5 Å². The number of likely N-dealkylation sites (tertiary alicyclic amines) is 1. The predicted molar refractivity (Wildman–Crippen MR) is 141 cm³/mol. The summed E-state index contributed by atoms with van der Waals surface area (Å²) in [6.07, 6.45) is 8.19. The van der Waals surface area contributed by atoms with Crippen molar-refractivity contribution in [3.63, 3.8) is 0 Å². The fourth-order valence-electron chi connectivity index (χ4n) is 7.00. The molecule has 0 N–H and O–H groups in total. The molecule has 2 aromatic rings. The molecule has 1 aliphatic heterocycles. The lowest BCUT2D eigenvalue weighted by atomic mass is 9.52. The van der Waals surface area contributed by atoms with Crippen LogP contribution in [0, 0.1) is 5.92 Å². The van der Waals surface area contributed by atoms with Gasteiger partial charge in [0.2, 0.25) is 0 Å². The quantitative estimate of drug-likeness (QED) is 0.400. The van der Waals surface area contributed by atoms with Gasteiger partial charge in [0.25, 0.3) is 0 Å². The van der Waals surface area contributed by atoms with Gasteiger partial charge in [0.05, 0.1) is 7.11 Å². The summed E-state index contributed by atoms with van der Waals surface area (Å²) in [6.45, 7) is 3.12. The molecule has 5 rings (SSSR count). The van der Waals surface area contributed by atoms with Crippen molar-refractivity contribution in [2.75, 3.05) is 13.7 Å². The lowest BCUT2D eigenvalue weighted by Crippen LogP contribution is -2.62. The molecule has 4 atom stereocenters. The summed E-state index contributed by atoms with van der Waals surface area (Å²) < 4.78 is 17.0. The molecule has 1 heterocycles. The maximum atomic E-state index is 13.2. The first kappa shape index (κ1) is 25.6. The van der Waals surface area contributed by atoms with Gasteiger partial charge in [0, 0.05) is 18.0 Å². The average molecular weight is 506 g/mol. The number of benzene rings is 2. The van der Waals surface area contributed by atoms with E-state index < -0.39 is 6.10 Å². The highest BCUT2D eigenvalue weighted by Gasteiger charge is 2.55. The zero-order valence-corrected chi connectivity index (χ0v) is 22.1. The van der Waals surface area contributed by atoms with Gasteiger partial charge < -0.3 is 19.1 Å². The first-order valence-corrected chi connectivity index (χ1v) is 13.9. The molecule has 2 aromatic carbocycles. The van der Waals surface area contributed by atoms with E-state index in [9.17, 15) is 9.59 Å². The maximum absolute atomic E-state index is 13.2. The molecule has 6 heteroatoms. The third kappa shape index (κ3) is 5.07. The first-order chi connectivity index (χ1) is 18.1. The minimum atomic E-state index is -0.583. The number of amides is 1. The highest BCUT2D eigenvalue weighted by atomic mass is 16.6. The summed E-state index contributed by atoms with van der Waals surface area (Å²) >= 11 is 0. The van der Waals surface area contributed by atoms with Crippen LogP contribution in [0.1, 0.15) is 75.0 Å². The molecular formula is C31H39NO5. The molecule has 1 amide bonds. The molecule has 2 bridgehead atoms. The van der Waals surface area contributed by atoms with E-state index in [1.54, 1.807) is 0 Å². The fraction of sp³-hybridized carbons (Fsp3) is 0.548. The number of esters is 1. The van der Waals surface area contributed by atoms with Crippen LogP contribution in [-0.2, 0) is 32.7 Å². The molecule has 1 saturated carbocycles. The van der Waals surface area contributed by atoms with Gasteiger partial charge in [-0.3, -0.25) is 0 Å². The summed E-state index contributed by atoms with van der Waals surface area (Å²) in [7, 11) is 1.42. The lowest BCUT2D eigenvalue weighted by molar-refractivity contribution is -0.149. The maximum Gasteiger partial charge on any atom is 0.410 e. The predicted octanol–water partition coefficient (Wildman–Crippen LogP) is 6.19. The topological polar surface area (TPSA) is 65.1 Å². The number of nitrogens with zero attached hydrogens (tertiary/aromatic N) is 1. The van der Waals surface area contributed by atoms with Crippen LogP contribution in [0.2, 0.25) is 0 Å². The number of ether oxygens (including phenoxy) is 3. The second-order valence-corrected chi connectivity index (χ2v) is 10.9. The van der Waals surface area contributed by atoms with Gasteiger partial charge in [-0.25, -0.2) is 9.59 Å². The van der Waals surface area contributed by atoms with Crippen molar-refractivity contribution in [3.8, 4) is 5.75 Å². The van der Waals surface area contributed by atoms with E-state index in [0.29, 0.717) is 25.5 Å². The third-order valence-corrected chi connectivity index (χ3v) is 8.81. The first-order valence-electron chi connectivity index (χ1n) is 13.9. The van der Waals surface area contributed by atoms with E-state index in [-0.39, 0.29) is 23.5 Å². The number of carbonyl (C=O) groups excluding carboxylic acids is 2. The summed E-state index contributed by atoms with van der Waals surface area (Å²) in [5.41, 5.74) is 3.71. The number of fused-ring (bicyclic) bond motifs is 1. The Kier molecular flexibility index (Phi) is 7.73. The van der Waals surface area contributed by atoms with Crippen molar-refractivity contribution >= 4 is 12.1 Å². The highest BCUT2D eigenvalue weighted by molar-refractivity contribution is 5.75. The van der Waals surface area contributed by atoms with Crippen LogP contribution in [0.5, 0.6) is 5.75 Å². The van der Waals surface area contributed by atoms with Crippen molar-refractivity contribution in [3.05, 3.63) is 65.2 Å². The Labute approximate surface area is 220 Å². The fourth-order valence-corrected chi connectivity index (χ4v) is 7.00. The van der Waals surface area contributed by atoms with Crippen LogP contribution in [0.4, 0.5) is 4.79 Å². The van der Waals surface area contributed by atoms with Gasteiger partial charge in [0.1, 0.15) is 12.4 Å². The monoisotopic (exact) mass is 505 g/mol. The zero-order chi connectivity index (χ0) is 25.8. The van der Waals surface area contributed by atoms with Crippen molar-refractivity contribution in [2.45, 2.75) is 88.9 Å². The second kappa shape index (κ2) is 11.2. The van der Waals surface area contributed by atoms with Crippen LogP contribution in [-0.4, -0.2) is 42.8 Å². The van der Waals surface area contributed by atoms with Crippen molar-refractivity contribution in [1.82, 2.24) is 4.90 Å². The van der Waals surface area contributed by atoms with Gasteiger partial charge in [-0.1, -0.05) is 62.6 Å². The SMILES string of the molecule is CCCCC(Oc1ccc2c(c1)[C@@]13CCCC[C@H]1[C@@H](C2)N(C(=O)OCc1ccccc1)CC3)C(=O)OC. The molecule has 1 unspecified atom stereocenters. The third-order valence-electron chi connectivity index (χ3n) is 8.81. The molecule has 198 valence electrons. The van der Waals surface area contributed by atoms with E-state index in [0.717, 1.165) is 49.8 Å². The van der Waals surface area contributed by atoms with Crippen LogP contribution in [0.25, 0.3) is 0 Å². The number of rotatable bonds is 8. The molecule has 0 radical (unpaired) electrons. The van der Waals surface area contributed by atoms with Gasteiger partial charge in [-0.05, 0) is 73.3 Å². The van der Waals surface area contributed by atoms with E-state index in [4.69, 9.17) is 14.2 Å². The van der Waals surface area contributed by atoms with E-state index in [1.807, 2.05) is 41.3 Å². The van der Waals surface area contributed by atoms with Crippen molar-refractivity contribution in [2.24, 2.45) is 5.92 Å². The molecule has 6 nitrogen and oxygen atoms in total. The van der Waals surface area contributed by atoms with Crippen molar-refractivity contribution in [1.29, 1.82) is 0 Å². The van der Waals surface area contributed by atoms with Gasteiger partial charge in [-0.15, -0.1) is 0 Å². The largest absolute Gasteiger partial charge is 0.479 e. The minimum Gasteiger partial charge on any atom is -0.479 e. The van der Waals surface area contributed by atoms with Crippen LogP contribution >= 0.6 is 0 Å². The number of piperidine rings is 1. The number of unbranched alkanes of at least 4 members (excludes halogenated alkanes) is 1. The molecular weight excluding hydrogens is 466 g/mol. The Morgan fingerprint density at radius 1 is 1.11 bits per heavy atom. The van der Waals surface area contributed by atoms with Gasteiger partial charge >= 0.3 is 12.1 Å². The number of methoxy groups -OCH3 is 1. The van der Waals surface area contributed by atoms with E-state index in [2.05, 4.69) is 19.1 Å². The average Bonchev–Trinajstić information content (AvgIpc) is 2.94. The standard InChI is InChI=1S/C31H39NO5/c1-3-4-13-28(29(33)35-2)37-24-15-14-23-19-27-25-12-8-9-16-31(25,26(23)20-24)17-18-32(27)30(34)36-21-22-10-6-5-7-11-22/h5-7,10-11,14-15,20,25,27-28H,3-4,8-9,12-13,16-19,21H2,1-2H3/t25-,27+,28?,31+/m0/s1. The lowest BCUT2D eigenvalue weighted by Gasteiger charge is -2.58.